The summed E-state index contributed by atoms with van der Waals surface area (Å²) < 4.78 is 0.806. The van der Waals surface area contributed by atoms with Gasteiger partial charge < -0.3 is 5.32 Å². The summed E-state index contributed by atoms with van der Waals surface area (Å²) in [5.41, 5.74) is 2.36. The van der Waals surface area contributed by atoms with Crippen LogP contribution < -0.4 is 5.32 Å². The lowest BCUT2D eigenvalue weighted by Gasteiger charge is -2.10. The number of halogens is 1. The fourth-order valence-electron chi connectivity index (χ4n) is 1.77. The maximum absolute atomic E-state index is 4.53. The number of hydrogen-bond acceptors (Lipinski definition) is 3. The molecular formula is C15H18BrN3. The van der Waals surface area contributed by atoms with Crippen molar-refractivity contribution in [3.63, 3.8) is 0 Å². The van der Waals surface area contributed by atoms with Crippen molar-refractivity contribution in [2.45, 2.75) is 33.1 Å². The molecule has 0 amide bonds. The molecule has 0 bridgehead atoms. The van der Waals surface area contributed by atoms with E-state index in [4.69, 9.17) is 0 Å². The summed E-state index contributed by atoms with van der Waals surface area (Å²) in [5.74, 6) is 1.96. The zero-order chi connectivity index (χ0) is 13.8. The third kappa shape index (κ3) is 3.77. The van der Waals surface area contributed by atoms with E-state index in [2.05, 4.69) is 70.2 Å². The number of nitrogens with zero attached hydrogens (tertiary/aromatic N) is 2. The van der Waals surface area contributed by atoms with Crippen molar-refractivity contribution in [1.82, 2.24) is 9.97 Å². The highest BCUT2D eigenvalue weighted by Gasteiger charge is 2.07. The Morgan fingerprint density at radius 2 is 2.00 bits per heavy atom. The SMILES string of the molecule is CCc1cccc(Nc2cc(Br)nc(C(C)C)n2)c1. The Balaban J connectivity index is 2.27. The Labute approximate surface area is 122 Å². The van der Waals surface area contributed by atoms with Crippen molar-refractivity contribution in [2.24, 2.45) is 0 Å². The summed E-state index contributed by atoms with van der Waals surface area (Å²) in [5, 5.41) is 3.33. The fraction of sp³-hybridized carbons (Fsp3) is 0.333. The molecule has 100 valence electrons. The standard InChI is InChI=1S/C15H18BrN3/c1-4-11-6-5-7-12(8-11)17-14-9-13(16)18-15(19-14)10(2)3/h5-10H,4H2,1-3H3,(H,17,18,19). The van der Waals surface area contributed by atoms with Crippen LogP contribution in [0.15, 0.2) is 34.9 Å². The Morgan fingerprint density at radius 3 is 2.68 bits per heavy atom. The molecule has 0 saturated heterocycles. The average Bonchev–Trinajstić information content (AvgIpc) is 2.38. The van der Waals surface area contributed by atoms with Gasteiger partial charge in [-0.25, -0.2) is 9.97 Å². The summed E-state index contributed by atoms with van der Waals surface area (Å²) >= 11 is 3.43. The molecule has 0 aliphatic carbocycles. The maximum Gasteiger partial charge on any atom is 0.135 e. The monoisotopic (exact) mass is 319 g/mol. The first-order valence-corrected chi connectivity index (χ1v) is 7.28. The normalized spacial score (nSPS) is 10.8. The van der Waals surface area contributed by atoms with Gasteiger partial charge in [0.05, 0.1) is 0 Å². The molecule has 0 saturated carbocycles. The zero-order valence-corrected chi connectivity index (χ0v) is 13.0. The maximum atomic E-state index is 4.53. The van der Waals surface area contributed by atoms with Crippen LogP contribution in [0.5, 0.6) is 0 Å². The molecule has 3 nitrogen and oxygen atoms in total. The Bertz CT molecular complexity index is 567. The molecule has 2 rings (SSSR count). The lowest BCUT2D eigenvalue weighted by atomic mass is 10.1. The van der Waals surface area contributed by atoms with Crippen molar-refractivity contribution < 1.29 is 0 Å². The van der Waals surface area contributed by atoms with Crippen LogP contribution in [0.3, 0.4) is 0 Å². The number of benzene rings is 1. The van der Waals surface area contributed by atoms with E-state index in [0.717, 1.165) is 28.4 Å². The number of aromatic nitrogens is 2. The summed E-state index contributed by atoms with van der Waals surface area (Å²) in [7, 11) is 0. The molecule has 0 radical (unpaired) electrons. The van der Waals surface area contributed by atoms with Crippen molar-refractivity contribution >= 4 is 27.4 Å². The lowest BCUT2D eigenvalue weighted by Crippen LogP contribution is -2.02. The summed E-state index contributed by atoms with van der Waals surface area (Å²) in [4.78, 5) is 8.91. The molecule has 19 heavy (non-hydrogen) atoms. The lowest BCUT2D eigenvalue weighted by molar-refractivity contribution is 0.771. The number of anilines is 2. The zero-order valence-electron chi connectivity index (χ0n) is 11.4. The summed E-state index contributed by atoms with van der Waals surface area (Å²) in [6, 6.07) is 10.3. The van der Waals surface area contributed by atoms with E-state index in [1.165, 1.54) is 5.56 Å². The van der Waals surface area contributed by atoms with Crippen molar-refractivity contribution in [1.29, 1.82) is 0 Å². The van der Waals surface area contributed by atoms with Gasteiger partial charge in [-0.3, -0.25) is 0 Å². The average molecular weight is 320 g/mol. The molecule has 0 spiro atoms. The van der Waals surface area contributed by atoms with Crippen LogP contribution in [-0.2, 0) is 6.42 Å². The van der Waals surface area contributed by atoms with Gasteiger partial charge in [0.1, 0.15) is 16.2 Å². The molecular weight excluding hydrogens is 302 g/mol. The van der Waals surface area contributed by atoms with Crippen LogP contribution in [0.2, 0.25) is 0 Å². The van der Waals surface area contributed by atoms with Crippen LogP contribution >= 0.6 is 15.9 Å². The second-order valence-corrected chi connectivity index (χ2v) is 5.58. The van der Waals surface area contributed by atoms with Gasteiger partial charge in [0, 0.05) is 17.7 Å². The molecule has 0 atom stereocenters. The van der Waals surface area contributed by atoms with Crippen molar-refractivity contribution in [3.05, 3.63) is 46.3 Å². The van der Waals surface area contributed by atoms with Gasteiger partial charge in [0.15, 0.2) is 0 Å². The largest absolute Gasteiger partial charge is 0.340 e. The first kappa shape index (κ1) is 14.0. The molecule has 1 heterocycles. The highest BCUT2D eigenvalue weighted by atomic mass is 79.9. The van der Waals surface area contributed by atoms with Gasteiger partial charge in [-0.15, -0.1) is 0 Å². The first-order valence-electron chi connectivity index (χ1n) is 6.49. The molecule has 0 aliphatic rings. The third-order valence-electron chi connectivity index (χ3n) is 2.84. The van der Waals surface area contributed by atoms with Gasteiger partial charge in [-0.2, -0.15) is 0 Å². The Morgan fingerprint density at radius 1 is 1.21 bits per heavy atom. The Kier molecular flexibility index (Phi) is 4.53. The van der Waals surface area contributed by atoms with E-state index in [-0.39, 0.29) is 0 Å². The van der Waals surface area contributed by atoms with Gasteiger partial charge in [0.25, 0.3) is 0 Å². The molecule has 0 fully saturated rings. The minimum atomic E-state index is 0.306. The number of aryl methyl sites for hydroxylation is 1. The van der Waals surface area contributed by atoms with Crippen LogP contribution in [0.4, 0.5) is 11.5 Å². The summed E-state index contributed by atoms with van der Waals surface area (Å²) in [6.45, 7) is 6.32. The quantitative estimate of drug-likeness (QED) is 0.832. The molecule has 0 unspecified atom stereocenters. The van der Waals surface area contributed by atoms with Crippen molar-refractivity contribution in [2.75, 3.05) is 5.32 Å². The van der Waals surface area contributed by atoms with Gasteiger partial charge in [0.2, 0.25) is 0 Å². The van der Waals surface area contributed by atoms with Gasteiger partial charge in [-0.1, -0.05) is 32.9 Å². The van der Waals surface area contributed by atoms with Crippen LogP contribution in [0, 0.1) is 0 Å². The summed E-state index contributed by atoms with van der Waals surface area (Å²) in [6.07, 6.45) is 1.03. The Hall–Kier alpha value is -1.42. The van der Waals surface area contributed by atoms with Crippen LogP contribution in [-0.4, -0.2) is 9.97 Å². The minimum Gasteiger partial charge on any atom is -0.340 e. The fourth-order valence-corrected chi connectivity index (χ4v) is 2.17. The number of nitrogens with one attached hydrogen (secondary N) is 1. The van der Waals surface area contributed by atoms with E-state index in [1.807, 2.05) is 12.1 Å². The van der Waals surface area contributed by atoms with Gasteiger partial charge >= 0.3 is 0 Å². The molecule has 4 heteroatoms. The molecule has 2 aromatic rings. The third-order valence-corrected chi connectivity index (χ3v) is 3.24. The second-order valence-electron chi connectivity index (χ2n) is 4.77. The highest BCUT2D eigenvalue weighted by Crippen LogP contribution is 2.21. The van der Waals surface area contributed by atoms with E-state index < -0.39 is 0 Å². The minimum absolute atomic E-state index is 0.306. The van der Waals surface area contributed by atoms with Crippen LogP contribution in [0.25, 0.3) is 0 Å². The molecule has 1 aromatic carbocycles. The molecule has 1 aromatic heterocycles. The van der Waals surface area contributed by atoms with Crippen LogP contribution in [0.1, 0.15) is 38.1 Å². The number of rotatable bonds is 4. The molecule has 1 N–H and O–H groups in total. The number of hydrogen-bond donors (Lipinski definition) is 1. The smallest absolute Gasteiger partial charge is 0.135 e. The topological polar surface area (TPSA) is 37.8 Å². The van der Waals surface area contributed by atoms with Gasteiger partial charge in [-0.05, 0) is 40.0 Å². The van der Waals surface area contributed by atoms with E-state index in [1.54, 1.807) is 0 Å². The van der Waals surface area contributed by atoms with E-state index in [9.17, 15) is 0 Å². The molecule has 0 aliphatic heterocycles. The van der Waals surface area contributed by atoms with E-state index in [0.29, 0.717) is 5.92 Å². The van der Waals surface area contributed by atoms with E-state index >= 15 is 0 Å². The first-order chi connectivity index (χ1) is 9.08. The predicted octanol–water partition coefficient (Wildman–Crippen LogP) is 4.67. The highest BCUT2D eigenvalue weighted by molar-refractivity contribution is 9.10. The van der Waals surface area contributed by atoms with Crippen molar-refractivity contribution in [3.8, 4) is 0 Å². The predicted molar refractivity (Wildman–Crippen MR) is 82.9 cm³/mol. The second kappa shape index (κ2) is 6.15.